The third-order valence-corrected chi connectivity index (χ3v) is 4.80. The van der Waals surface area contributed by atoms with Crippen LogP contribution in [0, 0.1) is 0 Å². The van der Waals surface area contributed by atoms with Gasteiger partial charge in [-0.2, -0.15) is 0 Å². The molecule has 0 aromatic heterocycles. The first kappa shape index (κ1) is 15.2. The second kappa shape index (κ2) is 6.19. The van der Waals surface area contributed by atoms with E-state index in [4.69, 9.17) is 23.2 Å². The largest absolute Gasteiger partial charge is 0.359 e. The van der Waals surface area contributed by atoms with E-state index in [9.17, 15) is 4.79 Å². The second-order valence-corrected chi connectivity index (χ2v) is 6.12. The Morgan fingerprint density at radius 2 is 1.95 bits per heavy atom. The van der Waals surface area contributed by atoms with Crippen molar-refractivity contribution < 1.29 is 4.79 Å². The third-order valence-electron chi connectivity index (χ3n) is 3.98. The first-order valence-corrected chi connectivity index (χ1v) is 7.93. The molecule has 1 N–H and O–H groups in total. The van der Waals surface area contributed by atoms with Gasteiger partial charge in [0.15, 0.2) is 0 Å². The highest BCUT2D eigenvalue weighted by molar-refractivity contribution is 6.44. The predicted octanol–water partition coefficient (Wildman–Crippen LogP) is 4.38. The molecule has 22 heavy (non-hydrogen) atoms. The van der Waals surface area contributed by atoms with Crippen LogP contribution in [-0.4, -0.2) is 18.5 Å². The van der Waals surface area contributed by atoms with Gasteiger partial charge in [0.1, 0.15) is 6.04 Å². The van der Waals surface area contributed by atoms with E-state index in [1.807, 2.05) is 19.1 Å². The molecule has 0 spiro atoms. The molecule has 1 unspecified atom stereocenters. The Bertz CT molecular complexity index is 718. The number of halogens is 2. The number of hydrogen-bond donors (Lipinski definition) is 1. The standard InChI is InChI=1S/C17H16Cl2N2O/c1-11(21-10-9-12-5-2-3-8-15(12)21)17(22)20-14-7-4-6-13(18)16(14)19/h2-8,11H,9-10H2,1H3,(H,20,22). The van der Waals surface area contributed by atoms with Crippen LogP contribution < -0.4 is 10.2 Å². The number of carbonyl (C=O) groups is 1. The van der Waals surface area contributed by atoms with Crippen LogP contribution in [0.25, 0.3) is 0 Å². The summed E-state index contributed by atoms with van der Waals surface area (Å²) < 4.78 is 0. The molecule has 2 aromatic rings. The van der Waals surface area contributed by atoms with Crippen molar-refractivity contribution in [1.82, 2.24) is 0 Å². The van der Waals surface area contributed by atoms with Crippen LogP contribution >= 0.6 is 23.2 Å². The summed E-state index contributed by atoms with van der Waals surface area (Å²) in [5, 5.41) is 3.66. The van der Waals surface area contributed by atoms with Crippen LogP contribution in [0.4, 0.5) is 11.4 Å². The Labute approximate surface area is 139 Å². The lowest BCUT2D eigenvalue weighted by atomic mass is 10.1. The molecule has 1 aliphatic rings. The maximum Gasteiger partial charge on any atom is 0.246 e. The smallest absolute Gasteiger partial charge is 0.246 e. The van der Waals surface area contributed by atoms with E-state index >= 15 is 0 Å². The number of anilines is 2. The van der Waals surface area contributed by atoms with Gasteiger partial charge in [0.05, 0.1) is 15.7 Å². The van der Waals surface area contributed by atoms with E-state index in [1.165, 1.54) is 5.56 Å². The zero-order chi connectivity index (χ0) is 15.7. The number of hydrogen-bond acceptors (Lipinski definition) is 2. The van der Waals surface area contributed by atoms with Crippen molar-refractivity contribution in [3.63, 3.8) is 0 Å². The van der Waals surface area contributed by atoms with Gasteiger partial charge in [0.2, 0.25) is 5.91 Å². The van der Waals surface area contributed by atoms with E-state index in [0.29, 0.717) is 15.7 Å². The molecular formula is C17H16Cl2N2O. The number of nitrogens with one attached hydrogen (secondary N) is 1. The summed E-state index contributed by atoms with van der Waals surface area (Å²) in [6.45, 7) is 2.74. The minimum absolute atomic E-state index is 0.0964. The number of nitrogens with zero attached hydrogens (tertiary/aromatic N) is 1. The Morgan fingerprint density at radius 1 is 1.18 bits per heavy atom. The SMILES string of the molecule is CC(C(=O)Nc1cccc(Cl)c1Cl)N1CCc2ccccc21. The molecule has 5 heteroatoms. The highest BCUT2D eigenvalue weighted by Crippen LogP contribution is 2.31. The number of carbonyl (C=O) groups excluding carboxylic acids is 1. The lowest BCUT2D eigenvalue weighted by Gasteiger charge is -2.26. The van der Waals surface area contributed by atoms with Crippen LogP contribution in [0.3, 0.4) is 0 Å². The molecule has 0 saturated heterocycles. The van der Waals surface area contributed by atoms with Gasteiger partial charge in [-0.1, -0.05) is 47.5 Å². The molecule has 0 saturated carbocycles. The highest BCUT2D eigenvalue weighted by Gasteiger charge is 2.27. The molecular weight excluding hydrogens is 319 g/mol. The van der Waals surface area contributed by atoms with E-state index in [0.717, 1.165) is 18.7 Å². The lowest BCUT2D eigenvalue weighted by Crippen LogP contribution is -2.41. The maximum absolute atomic E-state index is 12.5. The van der Waals surface area contributed by atoms with Crippen molar-refractivity contribution in [1.29, 1.82) is 0 Å². The van der Waals surface area contributed by atoms with Crippen molar-refractivity contribution in [3.05, 3.63) is 58.1 Å². The summed E-state index contributed by atoms with van der Waals surface area (Å²) in [6.07, 6.45) is 0.964. The van der Waals surface area contributed by atoms with Crippen molar-refractivity contribution in [2.75, 3.05) is 16.8 Å². The van der Waals surface area contributed by atoms with Gasteiger partial charge in [-0.3, -0.25) is 4.79 Å². The molecule has 2 aromatic carbocycles. The number of amides is 1. The van der Waals surface area contributed by atoms with Crippen molar-refractivity contribution >= 4 is 40.5 Å². The third kappa shape index (κ3) is 2.79. The fraction of sp³-hybridized carbons (Fsp3) is 0.235. The molecule has 0 aliphatic carbocycles. The van der Waals surface area contributed by atoms with E-state index in [2.05, 4.69) is 22.3 Å². The average molecular weight is 335 g/mol. The summed E-state index contributed by atoms with van der Waals surface area (Å²) in [7, 11) is 0. The summed E-state index contributed by atoms with van der Waals surface area (Å²) in [5.74, 6) is -0.0964. The minimum atomic E-state index is -0.279. The van der Waals surface area contributed by atoms with Crippen LogP contribution in [0.5, 0.6) is 0 Å². The Kier molecular flexibility index (Phi) is 4.27. The number of rotatable bonds is 3. The monoisotopic (exact) mass is 334 g/mol. The molecule has 1 amide bonds. The normalized spacial score (nSPS) is 14.6. The van der Waals surface area contributed by atoms with Gasteiger partial charge in [-0.25, -0.2) is 0 Å². The maximum atomic E-state index is 12.5. The molecule has 3 nitrogen and oxygen atoms in total. The lowest BCUT2D eigenvalue weighted by molar-refractivity contribution is -0.117. The zero-order valence-corrected chi connectivity index (χ0v) is 13.7. The highest BCUT2D eigenvalue weighted by atomic mass is 35.5. The van der Waals surface area contributed by atoms with E-state index < -0.39 is 0 Å². The van der Waals surface area contributed by atoms with Crippen LogP contribution in [0.2, 0.25) is 10.0 Å². The average Bonchev–Trinajstić information content (AvgIpc) is 2.95. The first-order chi connectivity index (χ1) is 10.6. The van der Waals surface area contributed by atoms with Gasteiger partial charge in [-0.15, -0.1) is 0 Å². The van der Waals surface area contributed by atoms with Crippen molar-refractivity contribution in [2.45, 2.75) is 19.4 Å². The predicted molar refractivity (Wildman–Crippen MR) is 92.0 cm³/mol. The van der Waals surface area contributed by atoms with Gasteiger partial charge < -0.3 is 10.2 Å². The van der Waals surface area contributed by atoms with Gasteiger partial charge in [-0.05, 0) is 37.1 Å². The Hall–Kier alpha value is -1.71. The van der Waals surface area contributed by atoms with Crippen LogP contribution in [0.15, 0.2) is 42.5 Å². The first-order valence-electron chi connectivity index (χ1n) is 7.17. The van der Waals surface area contributed by atoms with Gasteiger partial charge in [0, 0.05) is 12.2 Å². The van der Waals surface area contributed by atoms with E-state index in [1.54, 1.807) is 18.2 Å². The zero-order valence-electron chi connectivity index (χ0n) is 12.1. The van der Waals surface area contributed by atoms with Gasteiger partial charge >= 0.3 is 0 Å². The summed E-state index contributed by atoms with van der Waals surface area (Å²) in [6, 6.07) is 13.1. The molecule has 0 radical (unpaired) electrons. The number of benzene rings is 2. The molecule has 3 rings (SSSR count). The van der Waals surface area contributed by atoms with E-state index in [-0.39, 0.29) is 11.9 Å². The van der Waals surface area contributed by atoms with Crippen LogP contribution in [-0.2, 0) is 11.2 Å². The minimum Gasteiger partial charge on any atom is -0.359 e. The number of fused-ring (bicyclic) bond motifs is 1. The fourth-order valence-corrected chi connectivity index (χ4v) is 3.09. The van der Waals surface area contributed by atoms with Crippen molar-refractivity contribution in [2.24, 2.45) is 0 Å². The molecule has 1 atom stereocenters. The quantitative estimate of drug-likeness (QED) is 0.903. The van der Waals surface area contributed by atoms with Gasteiger partial charge in [0.25, 0.3) is 0 Å². The molecule has 1 aliphatic heterocycles. The van der Waals surface area contributed by atoms with Crippen LogP contribution in [0.1, 0.15) is 12.5 Å². The summed E-state index contributed by atoms with van der Waals surface area (Å²) in [4.78, 5) is 14.6. The number of para-hydroxylation sites is 1. The molecule has 114 valence electrons. The molecule has 1 heterocycles. The fourth-order valence-electron chi connectivity index (χ4n) is 2.75. The Morgan fingerprint density at radius 3 is 2.77 bits per heavy atom. The summed E-state index contributed by atoms with van der Waals surface area (Å²) >= 11 is 12.1. The molecule has 0 bridgehead atoms. The topological polar surface area (TPSA) is 32.3 Å². The summed E-state index contributed by atoms with van der Waals surface area (Å²) in [5.41, 5.74) is 2.95. The Balaban J connectivity index is 1.77. The van der Waals surface area contributed by atoms with Crippen molar-refractivity contribution in [3.8, 4) is 0 Å². The second-order valence-electron chi connectivity index (χ2n) is 5.34. The molecule has 0 fully saturated rings.